The predicted molar refractivity (Wildman–Crippen MR) is 127 cm³/mol. The molecule has 0 bridgehead atoms. The lowest BCUT2D eigenvalue weighted by atomic mass is 10.1. The van der Waals surface area contributed by atoms with Gasteiger partial charge in [-0.05, 0) is 44.0 Å². The Hall–Kier alpha value is -2.42. The van der Waals surface area contributed by atoms with E-state index in [-0.39, 0.29) is 5.91 Å². The van der Waals surface area contributed by atoms with Gasteiger partial charge in [0.2, 0.25) is 0 Å². The van der Waals surface area contributed by atoms with Gasteiger partial charge in [-0.2, -0.15) is 0 Å². The van der Waals surface area contributed by atoms with E-state index in [1.807, 2.05) is 58.0 Å². The summed E-state index contributed by atoms with van der Waals surface area (Å²) in [4.78, 5) is 23.1. The maximum atomic E-state index is 12.1. The van der Waals surface area contributed by atoms with E-state index in [4.69, 9.17) is 18.9 Å². The fourth-order valence-corrected chi connectivity index (χ4v) is 2.34. The van der Waals surface area contributed by atoms with Crippen molar-refractivity contribution in [3.63, 3.8) is 0 Å². The molecule has 0 spiro atoms. The largest absolute Gasteiger partial charge is 0.450 e. The van der Waals surface area contributed by atoms with Gasteiger partial charge in [0.05, 0.1) is 46.2 Å². The number of allylic oxidation sites excluding steroid dienone is 2. The molecular weight excluding hydrogens is 412 g/mol. The van der Waals surface area contributed by atoms with E-state index in [1.165, 1.54) is 5.57 Å². The Labute approximate surface area is 192 Å². The van der Waals surface area contributed by atoms with Gasteiger partial charge in [0.15, 0.2) is 0 Å². The number of rotatable bonds is 15. The first-order valence-electron chi connectivity index (χ1n) is 11.2. The Bertz CT molecular complexity index is 646. The average molecular weight is 453 g/mol. The standard InChI is InChI=1S/C22H34N2O6.C2H6/c1-4-18(3)19-6-8-20(9-7-19)21(25)23-10-12-27-14-16-29-17-15-28-13-11-24-22(26)30-5-2;1-2/h4,6-9H,5,10-17H2,1-3H3,(H,23,25)(H,24,26);1-2H3. The SMILES string of the molecule is CC.CC=C(C)c1ccc(C(=O)NCCOCCOCCOCCNC(=O)OCC)cc1. The van der Waals surface area contributed by atoms with Crippen LogP contribution in [0.5, 0.6) is 0 Å². The number of amides is 2. The molecule has 0 unspecified atom stereocenters. The van der Waals surface area contributed by atoms with Crippen LogP contribution in [0.2, 0.25) is 0 Å². The van der Waals surface area contributed by atoms with Crippen LogP contribution in [0.1, 0.15) is 50.5 Å². The van der Waals surface area contributed by atoms with E-state index in [2.05, 4.69) is 10.6 Å². The lowest BCUT2D eigenvalue weighted by molar-refractivity contribution is 0.0157. The zero-order chi connectivity index (χ0) is 24.0. The van der Waals surface area contributed by atoms with Crippen LogP contribution in [0.25, 0.3) is 5.57 Å². The van der Waals surface area contributed by atoms with Gasteiger partial charge < -0.3 is 29.6 Å². The van der Waals surface area contributed by atoms with E-state index in [9.17, 15) is 9.59 Å². The second-order valence-corrected chi connectivity index (χ2v) is 6.29. The first-order valence-corrected chi connectivity index (χ1v) is 11.2. The van der Waals surface area contributed by atoms with Crippen LogP contribution in [0.3, 0.4) is 0 Å². The molecule has 0 aromatic heterocycles. The number of hydrogen-bond donors (Lipinski definition) is 2. The van der Waals surface area contributed by atoms with Crippen molar-refractivity contribution in [2.24, 2.45) is 0 Å². The van der Waals surface area contributed by atoms with Crippen molar-refractivity contribution < 1.29 is 28.5 Å². The van der Waals surface area contributed by atoms with Crippen molar-refractivity contribution in [1.29, 1.82) is 0 Å². The number of ether oxygens (including phenoxy) is 4. The van der Waals surface area contributed by atoms with Crippen LogP contribution in [-0.4, -0.2) is 71.3 Å². The topological polar surface area (TPSA) is 95.1 Å². The minimum atomic E-state index is -0.442. The van der Waals surface area contributed by atoms with Crippen molar-refractivity contribution in [1.82, 2.24) is 10.6 Å². The summed E-state index contributed by atoms with van der Waals surface area (Å²) in [6.07, 6.45) is 1.60. The van der Waals surface area contributed by atoms with E-state index >= 15 is 0 Å². The number of benzene rings is 1. The van der Waals surface area contributed by atoms with Crippen LogP contribution in [-0.2, 0) is 18.9 Å². The maximum absolute atomic E-state index is 12.1. The van der Waals surface area contributed by atoms with Crippen LogP contribution in [0.15, 0.2) is 30.3 Å². The molecule has 2 amide bonds. The molecule has 0 atom stereocenters. The molecule has 0 aliphatic rings. The molecule has 0 radical (unpaired) electrons. The van der Waals surface area contributed by atoms with Crippen molar-refractivity contribution >= 4 is 17.6 Å². The molecule has 0 fully saturated rings. The molecule has 0 heterocycles. The molecule has 182 valence electrons. The van der Waals surface area contributed by atoms with Gasteiger partial charge >= 0.3 is 6.09 Å². The van der Waals surface area contributed by atoms with Gasteiger partial charge in [0.1, 0.15) is 0 Å². The van der Waals surface area contributed by atoms with Gasteiger partial charge in [-0.25, -0.2) is 4.79 Å². The van der Waals surface area contributed by atoms with Gasteiger partial charge in [-0.1, -0.05) is 32.1 Å². The Morgan fingerprint density at radius 1 is 0.812 bits per heavy atom. The fourth-order valence-electron chi connectivity index (χ4n) is 2.34. The first-order chi connectivity index (χ1) is 15.6. The number of alkyl carbamates (subject to hydrolysis) is 1. The second kappa shape index (κ2) is 20.5. The molecule has 0 aliphatic heterocycles. The number of hydrogen-bond acceptors (Lipinski definition) is 6. The van der Waals surface area contributed by atoms with Crippen LogP contribution in [0.4, 0.5) is 4.79 Å². The van der Waals surface area contributed by atoms with Crippen molar-refractivity contribution in [3.8, 4) is 0 Å². The average Bonchev–Trinajstić information content (AvgIpc) is 2.83. The second-order valence-electron chi connectivity index (χ2n) is 6.29. The molecule has 32 heavy (non-hydrogen) atoms. The fraction of sp³-hybridized carbons (Fsp3) is 0.583. The molecule has 8 nitrogen and oxygen atoms in total. The smallest absolute Gasteiger partial charge is 0.407 e. The summed E-state index contributed by atoms with van der Waals surface area (Å²) < 4.78 is 20.9. The highest BCUT2D eigenvalue weighted by atomic mass is 16.6. The third-order valence-electron chi connectivity index (χ3n) is 4.10. The Kier molecular flexibility index (Phi) is 18.9. The predicted octanol–water partition coefficient (Wildman–Crippen LogP) is 3.66. The number of nitrogens with one attached hydrogen (secondary N) is 2. The Balaban J connectivity index is 0.00000466. The molecule has 1 rings (SSSR count). The zero-order valence-electron chi connectivity index (χ0n) is 20.2. The van der Waals surface area contributed by atoms with Gasteiger partial charge in [-0.3, -0.25) is 4.79 Å². The summed E-state index contributed by atoms with van der Waals surface area (Å²) in [5, 5.41) is 5.39. The highest BCUT2D eigenvalue weighted by Crippen LogP contribution is 2.14. The minimum Gasteiger partial charge on any atom is -0.450 e. The molecule has 0 saturated carbocycles. The summed E-state index contributed by atoms with van der Waals surface area (Å²) >= 11 is 0. The van der Waals surface area contributed by atoms with E-state index in [1.54, 1.807) is 6.92 Å². The number of carbonyl (C=O) groups is 2. The van der Waals surface area contributed by atoms with Crippen molar-refractivity contribution in [2.75, 3.05) is 59.3 Å². The highest BCUT2D eigenvalue weighted by molar-refractivity contribution is 5.94. The minimum absolute atomic E-state index is 0.117. The van der Waals surface area contributed by atoms with Gasteiger partial charge in [-0.15, -0.1) is 0 Å². The zero-order valence-corrected chi connectivity index (χ0v) is 20.2. The quantitative estimate of drug-likeness (QED) is 0.394. The van der Waals surface area contributed by atoms with Crippen LogP contribution >= 0.6 is 0 Å². The van der Waals surface area contributed by atoms with Crippen molar-refractivity contribution in [3.05, 3.63) is 41.5 Å². The highest BCUT2D eigenvalue weighted by Gasteiger charge is 2.05. The maximum Gasteiger partial charge on any atom is 0.407 e. The first kappa shape index (κ1) is 29.6. The molecule has 8 heteroatoms. The molecule has 2 N–H and O–H groups in total. The third-order valence-corrected chi connectivity index (χ3v) is 4.10. The summed E-state index contributed by atoms with van der Waals surface area (Å²) in [5.41, 5.74) is 2.91. The Morgan fingerprint density at radius 2 is 1.28 bits per heavy atom. The molecular formula is C24H40N2O6. The lowest BCUT2D eigenvalue weighted by Crippen LogP contribution is -2.28. The summed E-state index contributed by atoms with van der Waals surface area (Å²) in [6.45, 7) is 13.5. The van der Waals surface area contributed by atoms with Crippen LogP contribution < -0.4 is 10.6 Å². The van der Waals surface area contributed by atoms with E-state index < -0.39 is 6.09 Å². The molecule has 1 aromatic rings. The van der Waals surface area contributed by atoms with E-state index in [0.29, 0.717) is 64.9 Å². The molecule has 1 aromatic carbocycles. The number of carbonyl (C=O) groups excluding carboxylic acids is 2. The van der Waals surface area contributed by atoms with Gasteiger partial charge in [0.25, 0.3) is 5.91 Å². The summed E-state index contributed by atoms with van der Waals surface area (Å²) in [6, 6.07) is 7.53. The summed E-state index contributed by atoms with van der Waals surface area (Å²) in [5.74, 6) is -0.117. The Morgan fingerprint density at radius 3 is 1.78 bits per heavy atom. The van der Waals surface area contributed by atoms with Crippen molar-refractivity contribution in [2.45, 2.75) is 34.6 Å². The monoisotopic (exact) mass is 452 g/mol. The van der Waals surface area contributed by atoms with Crippen LogP contribution in [0, 0.1) is 0 Å². The lowest BCUT2D eigenvalue weighted by Gasteiger charge is -2.09. The summed E-state index contributed by atoms with van der Waals surface area (Å²) in [7, 11) is 0. The van der Waals surface area contributed by atoms with Gasteiger partial charge in [0, 0.05) is 18.7 Å². The molecule has 0 aliphatic carbocycles. The third kappa shape index (κ3) is 14.6. The molecule has 0 saturated heterocycles. The normalized spacial score (nSPS) is 10.7. The van der Waals surface area contributed by atoms with E-state index in [0.717, 1.165) is 5.56 Å².